The predicted molar refractivity (Wildman–Crippen MR) is 185 cm³/mol. The van der Waals surface area contributed by atoms with E-state index in [0.717, 1.165) is 57.2 Å². The molecule has 9 rings (SSSR count). The van der Waals surface area contributed by atoms with Crippen LogP contribution in [0.4, 0.5) is 14.6 Å². The van der Waals surface area contributed by atoms with Crippen molar-refractivity contribution in [2.45, 2.75) is 70.4 Å². The Labute approximate surface area is 284 Å². The summed E-state index contributed by atoms with van der Waals surface area (Å²) in [4.78, 5) is 14.5. The SMILES string of the molecule is CCc1c(F)ccc2cc(O)cc(-c3c(Cl)cc4c(N5CC6CCC(C5)N6)nc(OCC5(CN6C[C@H]7CCC[C@H]7C6)CC5)nc4c3F)c12. The lowest BCUT2D eigenvalue weighted by Crippen LogP contribution is -2.51. The number of hydrogen-bond donors (Lipinski definition) is 2. The summed E-state index contributed by atoms with van der Waals surface area (Å²) in [7, 11) is 0. The first-order valence-corrected chi connectivity index (χ1v) is 18.2. The van der Waals surface area contributed by atoms with Gasteiger partial charge < -0.3 is 25.0 Å². The Balaban J connectivity index is 1.12. The summed E-state index contributed by atoms with van der Waals surface area (Å²) in [6.07, 6.45) is 8.88. The lowest BCUT2D eigenvalue weighted by molar-refractivity contribution is 0.165. The number of nitrogens with one attached hydrogen (secondary N) is 1. The van der Waals surface area contributed by atoms with E-state index in [-0.39, 0.29) is 39.1 Å². The molecule has 4 aromatic rings. The fourth-order valence-electron chi connectivity index (χ4n) is 9.40. The number of aromatic nitrogens is 2. The van der Waals surface area contributed by atoms with E-state index >= 15 is 8.78 Å². The summed E-state index contributed by atoms with van der Waals surface area (Å²) in [6, 6.07) is 8.60. The molecule has 5 fully saturated rings. The number of anilines is 1. The van der Waals surface area contributed by atoms with E-state index in [1.807, 2.05) is 6.92 Å². The zero-order chi connectivity index (χ0) is 32.7. The van der Waals surface area contributed by atoms with Gasteiger partial charge in [-0.05, 0) is 103 Å². The predicted octanol–water partition coefficient (Wildman–Crippen LogP) is 7.48. The van der Waals surface area contributed by atoms with Crippen LogP contribution in [0, 0.1) is 28.9 Å². The monoisotopic (exact) mass is 673 g/mol. The van der Waals surface area contributed by atoms with Gasteiger partial charge in [-0.2, -0.15) is 9.97 Å². The zero-order valence-electron chi connectivity index (χ0n) is 27.4. The quantitative estimate of drug-likeness (QED) is 0.201. The van der Waals surface area contributed by atoms with Gasteiger partial charge in [0.05, 0.1) is 11.6 Å². The number of likely N-dealkylation sites (tertiary alicyclic amines) is 1. The van der Waals surface area contributed by atoms with Crippen molar-refractivity contribution in [3.05, 3.63) is 52.6 Å². The Hall–Kier alpha value is -3.27. The molecule has 3 aromatic carbocycles. The highest BCUT2D eigenvalue weighted by atomic mass is 35.5. The Kier molecular flexibility index (Phi) is 7.48. The fraction of sp³-hybridized carbons (Fsp3) is 0.526. The molecular formula is C38H42ClF2N5O2. The number of nitrogens with zero attached hydrogens (tertiary/aromatic N) is 4. The van der Waals surface area contributed by atoms with Crippen LogP contribution >= 0.6 is 11.6 Å². The maximum atomic E-state index is 17.1. The number of rotatable bonds is 8. The molecule has 5 aliphatic rings. The molecule has 252 valence electrons. The molecule has 4 atom stereocenters. The van der Waals surface area contributed by atoms with Crippen LogP contribution in [-0.2, 0) is 6.42 Å². The fourth-order valence-corrected chi connectivity index (χ4v) is 9.70. The topological polar surface area (TPSA) is 73.8 Å². The normalized spacial score (nSPS) is 26.1. The zero-order valence-corrected chi connectivity index (χ0v) is 28.1. The molecule has 2 N–H and O–H groups in total. The molecule has 3 aliphatic heterocycles. The summed E-state index contributed by atoms with van der Waals surface area (Å²) in [5.41, 5.74) is 1.05. The van der Waals surface area contributed by atoms with E-state index < -0.39 is 5.82 Å². The molecule has 10 heteroatoms. The molecule has 4 heterocycles. The molecule has 7 nitrogen and oxygen atoms in total. The minimum atomic E-state index is -0.632. The van der Waals surface area contributed by atoms with Gasteiger partial charge in [-0.15, -0.1) is 0 Å². The highest BCUT2D eigenvalue weighted by molar-refractivity contribution is 6.35. The van der Waals surface area contributed by atoms with Gasteiger partial charge in [-0.25, -0.2) is 8.78 Å². The van der Waals surface area contributed by atoms with Crippen LogP contribution in [0.2, 0.25) is 5.02 Å². The first-order valence-electron chi connectivity index (χ1n) is 17.8. The van der Waals surface area contributed by atoms with Gasteiger partial charge >= 0.3 is 6.01 Å². The maximum absolute atomic E-state index is 17.1. The molecule has 2 aliphatic carbocycles. The van der Waals surface area contributed by atoms with Crippen molar-refractivity contribution < 1.29 is 18.6 Å². The second-order valence-corrected chi connectivity index (χ2v) is 15.6. The van der Waals surface area contributed by atoms with Crippen molar-refractivity contribution >= 4 is 39.1 Å². The molecule has 2 unspecified atom stereocenters. The van der Waals surface area contributed by atoms with Crippen LogP contribution in [0.5, 0.6) is 11.8 Å². The number of aromatic hydroxyl groups is 1. The third-order valence-electron chi connectivity index (χ3n) is 12.0. The van der Waals surface area contributed by atoms with Gasteiger partial charge in [0.2, 0.25) is 0 Å². The summed E-state index contributed by atoms with van der Waals surface area (Å²) in [5.74, 6) is 1.25. The molecule has 0 radical (unpaired) electrons. The number of fused-ring (bicyclic) bond motifs is 5. The smallest absolute Gasteiger partial charge is 0.319 e. The summed E-state index contributed by atoms with van der Waals surface area (Å²) in [6.45, 7) is 7.26. The van der Waals surface area contributed by atoms with Crippen LogP contribution in [0.1, 0.15) is 57.4 Å². The average molecular weight is 674 g/mol. The van der Waals surface area contributed by atoms with Crippen molar-refractivity contribution in [3.63, 3.8) is 0 Å². The van der Waals surface area contributed by atoms with E-state index in [2.05, 4.69) is 15.1 Å². The minimum absolute atomic E-state index is 0.0539. The van der Waals surface area contributed by atoms with Crippen molar-refractivity contribution in [1.29, 1.82) is 0 Å². The number of ether oxygens (including phenoxy) is 1. The van der Waals surface area contributed by atoms with Gasteiger partial charge in [-0.3, -0.25) is 0 Å². The summed E-state index contributed by atoms with van der Waals surface area (Å²) >= 11 is 6.96. The number of phenols is 1. The summed E-state index contributed by atoms with van der Waals surface area (Å²) in [5, 5.41) is 16.2. The number of benzene rings is 3. The Bertz CT molecular complexity index is 1910. The highest BCUT2D eigenvalue weighted by Crippen LogP contribution is 2.49. The third kappa shape index (κ3) is 5.28. The maximum Gasteiger partial charge on any atom is 0.319 e. The first kappa shape index (κ1) is 30.8. The van der Waals surface area contributed by atoms with Crippen molar-refractivity contribution in [1.82, 2.24) is 20.2 Å². The number of halogens is 3. The molecule has 2 bridgehead atoms. The molecular weight excluding hydrogens is 632 g/mol. The van der Waals surface area contributed by atoms with Crippen molar-refractivity contribution in [2.75, 3.05) is 44.2 Å². The largest absolute Gasteiger partial charge is 0.508 e. The van der Waals surface area contributed by atoms with Crippen molar-refractivity contribution in [2.24, 2.45) is 17.3 Å². The molecule has 0 amide bonds. The minimum Gasteiger partial charge on any atom is -0.508 e. The van der Waals surface area contributed by atoms with E-state index in [4.69, 9.17) is 26.3 Å². The molecule has 1 aromatic heterocycles. The third-order valence-corrected chi connectivity index (χ3v) is 12.3. The lowest BCUT2D eigenvalue weighted by Gasteiger charge is -2.34. The van der Waals surface area contributed by atoms with E-state index in [1.165, 1.54) is 44.5 Å². The summed E-state index contributed by atoms with van der Waals surface area (Å²) < 4.78 is 38.7. The average Bonchev–Trinajstić information content (AvgIpc) is 3.31. The van der Waals surface area contributed by atoms with Gasteiger partial charge in [0.25, 0.3) is 0 Å². The number of phenolic OH excluding ortho intramolecular Hbond substituents is 1. The standard InChI is InChI=1S/C38H42ClF2N5O2/c1-2-27-31(40)9-6-21-12-26(47)13-28(32(21)27)33-30(39)14-29-35(34(33)41)43-37(44-36(29)46-17-24-7-8-25(18-46)42-24)48-20-38(10-11-38)19-45-15-22-4-3-5-23(22)16-45/h6,9,12-14,22-25,42,47H,2-5,7-8,10-11,15-20H2,1H3/t22-,23+,24?,25?. The Morgan fingerprint density at radius 3 is 2.46 bits per heavy atom. The van der Waals surface area contributed by atoms with E-state index in [9.17, 15) is 5.11 Å². The second-order valence-electron chi connectivity index (χ2n) is 15.2. The second kappa shape index (κ2) is 11.7. The molecule has 48 heavy (non-hydrogen) atoms. The van der Waals surface area contributed by atoms with Crippen LogP contribution in [0.25, 0.3) is 32.8 Å². The number of hydrogen-bond acceptors (Lipinski definition) is 7. The van der Waals surface area contributed by atoms with Gasteiger partial charge in [0.1, 0.15) is 22.9 Å². The number of aryl methyl sites for hydroxylation is 1. The molecule has 0 spiro atoms. The van der Waals surface area contributed by atoms with Crippen LogP contribution in [0.3, 0.4) is 0 Å². The van der Waals surface area contributed by atoms with Gasteiger partial charge in [0.15, 0.2) is 5.82 Å². The van der Waals surface area contributed by atoms with Crippen LogP contribution in [-0.4, -0.2) is 71.4 Å². The van der Waals surface area contributed by atoms with Gasteiger partial charge in [-0.1, -0.05) is 31.0 Å². The van der Waals surface area contributed by atoms with Crippen LogP contribution in [0.15, 0.2) is 30.3 Å². The Morgan fingerprint density at radius 2 is 1.75 bits per heavy atom. The van der Waals surface area contributed by atoms with Crippen LogP contribution < -0.4 is 15.0 Å². The Morgan fingerprint density at radius 1 is 1.00 bits per heavy atom. The first-order chi connectivity index (χ1) is 23.3. The molecule has 2 saturated carbocycles. The van der Waals surface area contributed by atoms with Gasteiger partial charge in [0, 0.05) is 61.2 Å². The van der Waals surface area contributed by atoms with E-state index in [0.29, 0.717) is 58.2 Å². The lowest BCUT2D eigenvalue weighted by atomic mass is 9.92. The number of piperazine rings is 1. The molecule has 3 saturated heterocycles. The highest BCUT2D eigenvalue weighted by Gasteiger charge is 2.48. The van der Waals surface area contributed by atoms with E-state index in [1.54, 1.807) is 18.2 Å². The van der Waals surface area contributed by atoms with Crippen molar-refractivity contribution in [3.8, 4) is 22.9 Å².